The van der Waals surface area contributed by atoms with E-state index in [1.807, 2.05) is 6.07 Å². The standard InChI is InChI=1S/C15H17Cl2N3O2/c1-2-3-11-7-21-15(22-11)14(20-9-18-8-19-20)12-5-4-10(16)6-13(12)17/h4-6,8-9,11,14-15H,2-3,7H2,1H3. The second-order valence-electron chi connectivity index (χ2n) is 5.23. The van der Waals surface area contributed by atoms with E-state index in [4.69, 9.17) is 32.7 Å². The van der Waals surface area contributed by atoms with Gasteiger partial charge in [0.25, 0.3) is 0 Å². The largest absolute Gasteiger partial charge is 0.347 e. The highest BCUT2D eigenvalue weighted by atomic mass is 35.5. The average Bonchev–Trinajstić information content (AvgIpc) is 3.14. The SMILES string of the molecule is CCCC1COC(C(c2ccc(Cl)cc2Cl)n2cncn2)O1. The molecule has 1 saturated heterocycles. The number of nitrogens with zero attached hydrogens (tertiary/aromatic N) is 3. The number of rotatable bonds is 5. The monoisotopic (exact) mass is 341 g/mol. The molecule has 1 aromatic carbocycles. The van der Waals surface area contributed by atoms with E-state index in [-0.39, 0.29) is 12.1 Å². The van der Waals surface area contributed by atoms with Gasteiger partial charge >= 0.3 is 0 Å². The Bertz CT molecular complexity index is 621. The molecular formula is C15H17Cl2N3O2. The summed E-state index contributed by atoms with van der Waals surface area (Å²) in [6.45, 7) is 2.70. The molecule has 0 aliphatic carbocycles. The highest BCUT2D eigenvalue weighted by Gasteiger charge is 2.36. The molecule has 3 atom stereocenters. The highest BCUT2D eigenvalue weighted by Crippen LogP contribution is 2.34. The van der Waals surface area contributed by atoms with Crippen LogP contribution in [0, 0.1) is 0 Å². The second-order valence-corrected chi connectivity index (χ2v) is 6.08. The fourth-order valence-electron chi connectivity index (χ4n) is 2.63. The Kier molecular flexibility index (Phi) is 4.98. The predicted octanol–water partition coefficient (Wildman–Crippen LogP) is 3.72. The van der Waals surface area contributed by atoms with E-state index in [1.54, 1.807) is 23.1 Å². The minimum Gasteiger partial charge on any atom is -0.347 e. The van der Waals surface area contributed by atoms with Crippen LogP contribution < -0.4 is 0 Å². The lowest BCUT2D eigenvalue weighted by atomic mass is 10.1. The normalized spacial score (nSPS) is 22.9. The molecule has 0 bridgehead atoms. The van der Waals surface area contributed by atoms with Gasteiger partial charge in [-0.25, -0.2) is 9.67 Å². The molecule has 1 aromatic heterocycles. The molecule has 7 heteroatoms. The molecule has 2 heterocycles. The minimum atomic E-state index is -0.447. The van der Waals surface area contributed by atoms with Gasteiger partial charge in [-0.1, -0.05) is 42.6 Å². The van der Waals surface area contributed by atoms with Crippen molar-refractivity contribution >= 4 is 23.2 Å². The van der Waals surface area contributed by atoms with Gasteiger partial charge in [0.15, 0.2) is 6.29 Å². The zero-order chi connectivity index (χ0) is 15.5. The summed E-state index contributed by atoms with van der Waals surface area (Å²) in [4.78, 5) is 4.01. The summed E-state index contributed by atoms with van der Waals surface area (Å²) in [6.07, 6.45) is 4.79. The van der Waals surface area contributed by atoms with Crippen LogP contribution in [0.3, 0.4) is 0 Å². The van der Waals surface area contributed by atoms with Gasteiger partial charge in [-0.3, -0.25) is 0 Å². The molecule has 1 aliphatic rings. The van der Waals surface area contributed by atoms with E-state index >= 15 is 0 Å². The maximum atomic E-state index is 6.36. The van der Waals surface area contributed by atoms with Crippen LogP contribution in [0.25, 0.3) is 0 Å². The average molecular weight is 342 g/mol. The number of aromatic nitrogens is 3. The van der Waals surface area contributed by atoms with Gasteiger partial charge in [-0.05, 0) is 18.6 Å². The third kappa shape index (κ3) is 3.27. The van der Waals surface area contributed by atoms with Crippen molar-refractivity contribution in [1.82, 2.24) is 14.8 Å². The number of hydrogen-bond donors (Lipinski definition) is 0. The Balaban J connectivity index is 1.92. The molecule has 118 valence electrons. The summed E-state index contributed by atoms with van der Waals surface area (Å²) in [7, 11) is 0. The second kappa shape index (κ2) is 6.96. The zero-order valence-corrected chi connectivity index (χ0v) is 13.7. The number of hydrogen-bond acceptors (Lipinski definition) is 4. The van der Waals surface area contributed by atoms with Crippen molar-refractivity contribution in [2.75, 3.05) is 6.61 Å². The van der Waals surface area contributed by atoms with Crippen LogP contribution >= 0.6 is 23.2 Å². The summed E-state index contributed by atoms with van der Waals surface area (Å²) in [6, 6.07) is 5.08. The summed E-state index contributed by atoms with van der Waals surface area (Å²) in [5.74, 6) is 0. The van der Waals surface area contributed by atoms with Crippen molar-refractivity contribution in [2.24, 2.45) is 0 Å². The van der Waals surface area contributed by atoms with Crippen LogP contribution in [0.2, 0.25) is 10.0 Å². The van der Waals surface area contributed by atoms with Crippen LogP contribution in [0.1, 0.15) is 31.4 Å². The molecule has 0 radical (unpaired) electrons. The van der Waals surface area contributed by atoms with E-state index < -0.39 is 6.29 Å². The molecule has 1 fully saturated rings. The van der Waals surface area contributed by atoms with E-state index in [0.29, 0.717) is 16.7 Å². The molecule has 3 rings (SSSR count). The molecule has 1 aliphatic heterocycles. The van der Waals surface area contributed by atoms with E-state index in [9.17, 15) is 0 Å². The van der Waals surface area contributed by atoms with Crippen molar-refractivity contribution in [3.8, 4) is 0 Å². The van der Waals surface area contributed by atoms with Crippen LogP contribution in [0.15, 0.2) is 30.9 Å². The first-order valence-electron chi connectivity index (χ1n) is 7.25. The molecular weight excluding hydrogens is 325 g/mol. The Labute approximate surface area is 139 Å². The lowest BCUT2D eigenvalue weighted by molar-refractivity contribution is -0.0846. The number of halogens is 2. The molecule has 0 saturated carbocycles. The Hall–Kier alpha value is -1.14. The van der Waals surface area contributed by atoms with Crippen molar-refractivity contribution in [3.63, 3.8) is 0 Å². The molecule has 3 unspecified atom stereocenters. The summed E-state index contributed by atoms with van der Waals surface area (Å²) in [5.41, 5.74) is 0.846. The van der Waals surface area contributed by atoms with E-state index in [0.717, 1.165) is 18.4 Å². The fourth-order valence-corrected chi connectivity index (χ4v) is 3.15. The number of benzene rings is 1. The van der Waals surface area contributed by atoms with E-state index in [1.165, 1.54) is 6.33 Å². The van der Waals surface area contributed by atoms with Gasteiger partial charge in [-0.15, -0.1) is 0 Å². The molecule has 2 aromatic rings. The van der Waals surface area contributed by atoms with E-state index in [2.05, 4.69) is 17.0 Å². The maximum absolute atomic E-state index is 6.36. The first-order valence-corrected chi connectivity index (χ1v) is 8.00. The van der Waals surface area contributed by atoms with Gasteiger partial charge in [0.2, 0.25) is 0 Å². The molecule has 0 amide bonds. The lowest BCUT2D eigenvalue weighted by Gasteiger charge is -2.24. The summed E-state index contributed by atoms with van der Waals surface area (Å²) >= 11 is 12.3. The maximum Gasteiger partial charge on any atom is 0.184 e. The fraction of sp³-hybridized carbons (Fsp3) is 0.467. The molecule has 0 spiro atoms. The van der Waals surface area contributed by atoms with Gasteiger partial charge in [0.1, 0.15) is 18.7 Å². The first kappa shape index (κ1) is 15.7. The van der Waals surface area contributed by atoms with Gasteiger partial charge in [0.05, 0.1) is 12.7 Å². The van der Waals surface area contributed by atoms with Gasteiger partial charge in [0, 0.05) is 15.6 Å². The Morgan fingerprint density at radius 1 is 1.41 bits per heavy atom. The summed E-state index contributed by atoms with van der Waals surface area (Å²) in [5, 5.41) is 5.37. The third-order valence-corrected chi connectivity index (χ3v) is 4.21. The minimum absolute atomic E-state index is 0.104. The highest BCUT2D eigenvalue weighted by molar-refractivity contribution is 6.35. The predicted molar refractivity (Wildman–Crippen MR) is 84.1 cm³/mol. The lowest BCUT2D eigenvalue weighted by Crippen LogP contribution is -2.27. The quantitative estimate of drug-likeness (QED) is 0.831. The molecule has 22 heavy (non-hydrogen) atoms. The van der Waals surface area contributed by atoms with Crippen LogP contribution in [0.5, 0.6) is 0 Å². The van der Waals surface area contributed by atoms with Crippen LogP contribution in [-0.2, 0) is 9.47 Å². The van der Waals surface area contributed by atoms with Crippen molar-refractivity contribution in [3.05, 3.63) is 46.5 Å². The van der Waals surface area contributed by atoms with Gasteiger partial charge < -0.3 is 9.47 Å². The molecule has 0 N–H and O–H groups in total. The third-order valence-electron chi connectivity index (χ3n) is 3.64. The topological polar surface area (TPSA) is 49.2 Å². The van der Waals surface area contributed by atoms with Gasteiger partial charge in [-0.2, -0.15) is 5.10 Å². The first-order chi connectivity index (χ1) is 10.7. The van der Waals surface area contributed by atoms with Crippen molar-refractivity contribution in [2.45, 2.75) is 38.2 Å². The smallest absolute Gasteiger partial charge is 0.184 e. The van der Waals surface area contributed by atoms with Crippen molar-refractivity contribution in [1.29, 1.82) is 0 Å². The molecule has 5 nitrogen and oxygen atoms in total. The van der Waals surface area contributed by atoms with Crippen LogP contribution in [-0.4, -0.2) is 33.8 Å². The van der Waals surface area contributed by atoms with Crippen LogP contribution in [0.4, 0.5) is 0 Å². The Morgan fingerprint density at radius 2 is 2.27 bits per heavy atom. The summed E-state index contributed by atoms with van der Waals surface area (Å²) < 4.78 is 13.6. The number of ether oxygens (including phenoxy) is 2. The van der Waals surface area contributed by atoms with Crippen molar-refractivity contribution < 1.29 is 9.47 Å². The Morgan fingerprint density at radius 3 is 2.95 bits per heavy atom. The zero-order valence-electron chi connectivity index (χ0n) is 12.2.